The summed E-state index contributed by atoms with van der Waals surface area (Å²) in [7, 11) is 0. The Bertz CT molecular complexity index is 288. The first kappa shape index (κ1) is 12.2. The SMILES string of the molecule is CCCCCC(C)(C)c1ncc(C)cn1. The third kappa shape index (κ3) is 3.61. The molecule has 0 aliphatic rings. The molecule has 0 radical (unpaired) electrons. The molecule has 0 atom stereocenters. The van der Waals surface area contributed by atoms with Gasteiger partial charge in [0, 0.05) is 17.8 Å². The molecule has 0 spiro atoms. The lowest BCUT2D eigenvalue weighted by atomic mass is 9.86. The molecule has 0 saturated carbocycles. The van der Waals surface area contributed by atoms with Crippen LogP contribution in [-0.2, 0) is 5.41 Å². The number of hydrogen-bond donors (Lipinski definition) is 0. The van der Waals surface area contributed by atoms with Crippen LogP contribution in [0, 0.1) is 6.92 Å². The van der Waals surface area contributed by atoms with Gasteiger partial charge in [-0.3, -0.25) is 0 Å². The Morgan fingerprint density at radius 2 is 1.73 bits per heavy atom. The van der Waals surface area contributed by atoms with E-state index in [1.54, 1.807) is 0 Å². The zero-order valence-electron chi connectivity index (χ0n) is 10.4. The van der Waals surface area contributed by atoms with Crippen molar-refractivity contribution in [2.24, 2.45) is 0 Å². The molecule has 0 aliphatic carbocycles. The highest BCUT2D eigenvalue weighted by atomic mass is 14.9. The average molecular weight is 206 g/mol. The Morgan fingerprint density at radius 1 is 1.13 bits per heavy atom. The fourth-order valence-corrected chi connectivity index (χ4v) is 1.67. The summed E-state index contributed by atoms with van der Waals surface area (Å²) in [4.78, 5) is 8.84. The summed E-state index contributed by atoms with van der Waals surface area (Å²) in [5, 5.41) is 0. The van der Waals surface area contributed by atoms with Gasteiger partial charge in [-0.25, -0.2) is 9.97 Å². The fourth-order valence-electron chi connectivity index (χ4n) is 1.67. The van der Waals surface area contributed by atoms with Gasteiger partial charge in [0.1, 0.15) is 5.82 Å². The number of hydrogen-bond acceptors (Lipinski definition) is 2. The number of rotatable bonds is 5. The van der Waals surface area contributed by atoms with E-state index < -0.39 is 0 Å². The molecular formula is C13H22N2. The van der Waals surface area contributed by atoms with Gasteiger partial charge in [-0.2, -0.15) is 0 Å². The van der Waals surface area contributed by atoms with Gasteiger partial charge in [0.25, 0.3) is 0 Å². The van der Waals surface area contributed by atoms with Gasteiger partial charge in [0.15, 0.2) is 0 Å². The van der Waals surface area contributed by atoms with E-state index in [0.717, 1.165) is 11.4 Å². The second-order valence-electron chi connectivity index (χ2n) is 4.93. The van der Waals surface area contributed by atoms with Crippen molar-refractivity contribution in [3.8, 4) is 0 Å². The number of nitrogens with zero attached hydrogens (tertiary/aromatic N) is 2. The average Bonchev–Trinajstić information content (AvgIpc) is 2.18. The normalized spacial score (nSPS) is 11.7. The van der Waals surface area contributed by atoms with Crippen LogP contribution in [0.15, 0.2) is 12.4 Å². The highest BCUT2D eigenvalue weighted by Gasteiger charge is 2.22. The molecule has 0 N–H and O–H groups in total. The van der Waals surface area contributed by atoms with Gasteiger partial charge in [-0.05, 0) is 18.9 Å². The molecule has 84 valence electrons. The monoisotopic (exact) mass is 206 g/mol. The molecule has 1 rings (SSSR count). The number of aromatic nitrogens is 2. The van der Waals surface area contributed by atoms with Gasteiger partial charge < -0.3 is 0 Å². The summed E-state index contributed by atoms with van der Waals surface area (Å²) in [5.74, 6) is 0.976. The predicted molar refractivity (Wildman–Crippen MR) is 63.9 cm³/mol. The van der Waals surface area contributed by atoms with E-state index in [4.69, 9.17) is 0 Å². The van der Waals surface area contributed by atoms with Gasteiger partial charge >= 0.3 is 0 Å². The van der Waals surface area contributed by atoms with Crippen molar-refractivity contribution in [3.05, 3.63) is 23.8 Å². The van der Waals surface area contributed by atoms with Crippen molar-refractivity contribution in [2.45, 2.75) is 58.8 Å². The topological polar surface area (TPSA) is 25.8 Å². The largest absolute Gasteiger partial charge is 0.241 e. The summed E-state index contributed by atoms with van der Waals surface area (Å²) < 4.78 is 0. The van der Waals surface area contributed by atoms with Crippen LogP contribution in [0.5, 0.6) is 0 Å². The van der Waals surface area contributed by atoms with Crippen LogP contribution in [-0.4, -0.2) is 9.97 Å². The summed E-state index contributed by atoms with van der Waals surface area (Å²) in [6.07, 6.45) is 8.82. The van der Waals surface area contributed by atoms with Crippen molar-refractivity contribution in [2.75, 3.05) is 0 Å². The van der Waals surface area contributed by atoms with E-state index in [1.807, 2.05) is 19.3 Å². The fraction of sp³-hybridized carbons (Fsp3) is 0.692. The first-order chi connectivity index (χ1) is 7.06. The lowest BCUT2D eigenvalue weighted by Crippen LogP contribution is -2.20. The maximum atomic E-state index is 4.42. The first-order valence-corrected chi connectivity index (χ1v) is 5.85. The minimum atomic E-state index is 0.114. The summed E-state index contributed by atoms with van der Waals surface area (Å²) in [5.41, 5.74) is 1.24. The lowest BCUT2D eigenvalue weighted by molar-refractivity contribution is 0.425. The number of unbranched alkanes of at least 4 members (excludes halogenated alkanes) is 2. The van der Waals surface area contributed by atoms with E-state index >= 15 is 0 Å². The van der Waals surface area contributed by atoms with E-state index in [9.17, 15) is 0 Å². The van der Waals surface area contributed by atoms with Crippen LogP contribution in [0.2, 0.25) is 0 Å². The third-order valence-electron chi connectivity index (χ3n) is 2.79. The van der Waals surface area contributed by atoms with Crippen molar-refractivity contribution in [1.82, 2.24) is 9.97 Å². The molecule has 2 heteroatoms. The molecule has 1 aromatic rings. The molecule has 1 heterocycles. The molecule has 1 aromatic heterocycles. The first-order valence-electron chi connectivity index (χ1n) is 5.85. The zero-order valence-corrected chi connectivity index (χ0v) is 10.4. The van der Waals surface area contributed by atoms with Crippen LogP contribution in [0.3, 0.4) is 0 Å². The van der Waals surface area contributed by atoms with Gasteiger partial charge in [-0.15, -0.1) is 0 Å². The molecule has 0 fully saturated rings. The van der Waals surface area contributed by atoms with E-state index in [0.29, 0.717) is 0 Å². The van der Waals surface area contributed by atoms with E-state index in [-0.39, 0.29) is 5.41 Å². The highest BCUT2D eigenvalue weighted by molar-refractivity contribution is 5.08. The van der Waals surface area contributed by atoms with Crippen molar-refractivity contribution in [1.29, 1.82) is 0 Å². The van der Waals surface area contributed by atoms with Crippen LogP contribution in [0.1, 0.15) is 57.8 Å². The molecular weight excluding hydrogens is 184 g/mol. The molecule has 0 aromatic carbocycles. The van der Waals surface area contributed by atoms with Crippen molar-refractivity contribution < 1.29 is 0 Å². The quantitative estimate of drug-likeness (QED) is 0.687. The van der Waals surface area contributed by atoms with E-state index in [2.05, 4.69) is 30.7 Å². The summed E-state index contributed by atoms with van der Waals surface area (Å²) in [6, 6.07) is 0. The molecule has 0 saturated heterocycles. The minimum absolute atomic E-state index is 0.114. The number of aryl methyl sites for hydroxylation is 1. The minimum Gasteiger partial charge on any atom is -0.241 e. The molecule has 0 bridgehead atoms. The Labute approximate surface area is 93.2 Å². The lowest BCUT2D eigenvalue weighted by Gasteiger charge is -2.22. The molecule has 15 heavy (non-hydrogen) atoms. The Morgan fingerprint density at radius 3 is 2.27 bits per heavy atom. The highest BCUT2D eigenvalue weighted by Crippen LogP contribution is 2.26. The van der Waals surface area contributed by atoms with Crippen LogP contribution >= 0.6 is 0 Å². The summed E-state index contributed by atoms with van der Waals surface area (Å²) >= 11 is 0. The standard InChI is InChI=1S/C13H22N2/c1-5-6-7-8-13(3,4)12-14-9-11(2)10-15-12/h9-10H,5-8H2,1-4H3. The molecule has 0 aliphatic heterocycles. The van der Waals surface area contributed by atoms with Crippen LogP contribution in [0.4, 0.5) is 0 Å². The van der Waals surface area contributed by atoms with Crippen molar-refractivity contribution >= 4 is 0 Å². The Kier molecular flexibility index (Phi) is 4.25. The van der Waals surface area contributed by atoms with Crippen molar-refractivity contribution in [3.63, 3.8) is 0 Å². The second-order valence-corrected chi connectivity index (χ2v) is 4.93. The zero-order chi connectivity index (χ0) is 11.3. The second kappa shape index (κ2) is 5.24. The van der Waals surface area contributed by atoms with Gasteiger partial charge in [-0.1, -0.05) is 40.0 Å². The summed E-state index contributed by atoms with van der Waals surface area (Å²) in [6.45, 7) is 8.71. The maximum absolute atomic E-state index is 4.42. The van der Waals surface area contributed by atoms with Crippen LogP contribution in [0.25, 0.3) is 0 Å². The third-order valence-corrected chi connectivity index (χ3v) is 2.79. The smallest absolute Gasteiger partial charge is 0.133 e. The Hall–Kier alpha value is -0.920. The molecule has 0 unspecified atom stereocenters. The van der Waals surface area contributed by atoms with Gasteiger partial charge in [0.05, 0.1) is 0 Å². The molecule has 2 nitrogen and oxygen atoms in total. The molecule has 0 amide bonds. The predicted octanol–water partition coefficient (Wildman–Crippen LogP) is 3.64. The van der Waals surface area contributed by atoms with Gasteiger partial charge in [0.2, 0.25) is 0 Å². The van der Waals surface area contributed by atoms with Crippen LogP contribution < -0.4 is 0 Å². The van der Waals surface area contributed by atoms with E-state index in [1.165, 1.54) is 25.7 Å². The Balaban J connectivity index is 2.63. The maximum Gasteiger partial charge on any atom is 0.133 e.